The average molecular weight is 499 g/mol. The summed E-state index contributed by atoms with van der Waals surface area (Å²) in [6.07, 6.45) is -1.52. The molecule has 0 bridgehead atoms. The van der Waals surface area contributed by atoms with E-state index >= 15 is 0 Å². The molecule has 1 aromatic heterocycles. The van der Waals surface area contributed by atoms with Gasteiger partial charge < -0.3 is 44.5 Å². The van der Waals surface area contributed by atoms with Gasteiger partial charge in [-0.3, -0.25) is 0 Å². The number of fused-ring (bicyclic) bond motifs is 6. The Balaban J connectivity index is 1.35. The van der Waals surface area contributed by atoms with Crippen LogP contribution in [0.15, 0.2) is 42.6 Å². The Bertz CT molecular complexity index is 1220. The summed E-state index contributed by atoms with van der Waals surface area (Å²) in [5, 5.41) is 41.1. The van der Waals surface area contributed by atoms with Crippen molar-refractivity contribution in [3.8, 4) is 5.75 Å². The van der Waals surface area contributed by atoms with E-state index in [0.717, 1.165) is 28.6 Å². The molecule has 5 N–H and O–H groups in total. The average Bonchev–Trinajstić information content (AvgIpc) is 3.28. The first-order chi connectivity index (χ1) is 17.4. The zero-order valence-corrected chi connectivity index (χ0v) is 19.6. The number of H-pyrrole nitrogens is 1. The number of rotatable bonds is 4. The first kappa shape index (κ1) is 23.5. The molecule has 0 spiro atoms. The summed E-state index contributed by atoms with van der Waals surface area (Å²) in [6.45, 7) is 4.47. The summed E-state index contributed by atoms with van der Waals surface area (Å²) in [6, 6.07) is 5.59. The van der Waals surface area contributed by atoms with Gasteiger partial charge in [0.1, 0.15) is 30.2 Å². The first-order valence-corrected chi connectivity index (χ1v) is 12.3. The number of cyclic esters (lactones) is 1. The number of hydrogen-bond donors (Lipinski definition) is 5. The van der Waals surface area contributed by atoms with Gasteiger partial charge in [-0.05, 0) is 30.5 Å². The van der Waals surface area contributed by atoms with Crippen molar-refractivity contribution in [2.45, 2.75) is 49.6 Å². The van der Waals surface area contributed by atoms with Gasteiger partial charge in [-0.2, -0.15) is 0 Å². The van der Waals surface area contributed by atoms with Crippen LogP contribution in [0.5, 0.6) is 5.75 Å². The fourth-order valence-electron chi connectivity index (χ4n) is 6.06. The second-order valence-corrected chi connectivity index (χ2v) is 9.94. The van der Waals surface area contributed by atoms with Gasteiger partial charge >= 0.3 is 5.97 Å². The Morgan fingerprint density at radius 2 is 2.06 bits per heavy atom. The molecule has 2 aromatic rings. The fraction of sp³-hybridized carbons (Fsp3) is 0.500. The van der Waals surface area contributed by atoms with Gasteiger partial charge in [0.25, 0.3) is 0 Å². The van der Waals surface area contributed by atoms with E-state index in [1.807, 2.05) is 24.4 Å². The molecule has 5 heterocycles. The van der Waals surface area contributed by atoms with Gasteiger partial charge in [0.2, 0.25) is 6.29 Å². The first-order valence-electron chi connectivity index (χ1n) is 12.3. The van der Waals surface area contributed by atoms with Crippen LogP contribution in [-0.2, 0) is 20.7 Å². The highest BCUT2D eigenvalue weighted by Crippen LogP contribution is 2.47. The van der Waals surface area contributed by atoms with E-state index in [9.17, 15) is 25.2 Å². The predicted octanol–water partition coefficient (Wildman–Crippen LogP) is 0.509. The highest BCUT2D eigenvalue weighted by Gasteiger charge is 2.46. The number of nitrogens with one attached hydrogen (secondary N) is 1. The lowest BCUT2D eigenvalue weighted by Crippen LogP contribution is -2.60. The molecule has 36 heavy (non-hydrogen) atoms. The van der Waals surface area contributed by atoms with Crippen molar-refractivity contribution < 1.29 is 39.4 Å². The number of carbonyl (C=O) groups is 1. The van der Waals surface area contributed by atoms with Gasteiger partial charge in [-0.25, -0.2) is 4.79 Å². The number of esters is 1. The molecule has 8 atom stereocenters. The zero-order chi connectivity index (χ0) is 25.1. The number of aromatic amines is 1. The van der Waals surface area contributed by atoms with Crippen molar-refractivity contribution >= 4 is 16.9 Å². The number of aliphatic hydroxyl groups is 4. The molecule has 2 saturated heterocycles. The Morgan fingerprint density at radius 3 is 2.83 bits per heavy atom. The molecule has 1 aromatic carbocycles. The number of carbonyl (C=O) groups excluding carboxylic acids is 1. The van der Waals surface area contributed by atoms with Crippen molar-refractivity contribution in [1.82, 2.24) is 9.88 Å². The molecular formula is C26H30N2O8. The maximum atomic E-state index is 12.4. The second kappa shape index (κ2) is 8.89. The SMILES string of the molecule is C=C[C@H]1COC(=O)C2=CN3CCc4c([nH]c5cccc(O[C@@H]6O[C@H](CO)[C@@H](O)[C@H](O)[C@H]6O)c45)[C@@H]3C[C@H]21. The number of nitrogens with zero attached hydrogens (tertiary/aromatic N) is 1. The molecule has 4 aliphatic heterocycles. The molecule has 0 aliphatic carbocycles. The number of ether oxygens (including phenoxy) is 3. The standard InChI is InChI=1S/C26H30N2O8/c1-2-12-11-34-25(33)15-9-28-7-6-13-20-16(27-21(13)17(28)8-14(12)15)4-3-5-18(20)35-26-24(32)23(31)22(30)19(10-29)36-26/h2-5,9,12,14,17,19,22-24,26-27,29-32H,1,6-8,10-11H2/t12-,14-,17-,19+,22+,23-,24+,26+/m0/s1. The van der Waals surface area contributed by atoms with Crippen molar-refractivity contribution in [3.63, 3.8) is 0 Å². The van der Waals surface area contributed by atoms with Crippen LogP contribution in [-0.4, -0.2) is 86.7 Å². The topological polar surface area (TPSA) is 145 Å². The van der Waals surface area contributed by atoms with E-state index in [2.05, 4.69) is 16.5 Å². The lowest BCUT2D eigenvalue weighted by molar-refractivity contribution is -0.277. The fourth-order valence-corrected chi connectivity index (χ4v) is 6.06. The zero-order valence-electron chi connectivity index (χ0n) is 19.6. The highest BCUT2D eigenvalue weighted by atomic mass is 16.7. The molecule has 0 amide bonds. The molecule has 10 heteroatoms. The minimum absolute atomic E-state index is 0.0344. The maximum Gasteiger partial charge on any atom is 0.335 e. The molecule has 192 valence electrons. The lowest BCUT2D eigenvalue weighted by atomic mass is 9.76. The largest absolute Gasteiger partial charge is 0.462 e. The van der Waals surface area contributed by atoms with Gasteiger partial charge in [0.05, 0.1) is 24.8 Å². The summed E-state index contributed by atoms with van der Waals surface area (Å²) in [5.74, 6) is 0.317. The maximum absolute atomic E-state index is 12.4. The quantitative estimate of drug-likeness (QED) is 0.301. The van der Waals surface area contributed by atoms with E-state index in [0.29, 0.717) is 30.9 Å². The van der Waals surface area contributed by atoms with Crippen molar-refractivity contribution in [3.05, 3.63) is 53.9 Å². The van der Waals surface area contributed by atoms with Crippen LogP contribution in [0.25, 0.3) is 10.9 Å². The Kier molecular flexibility index (Phi) is 5.81. The lowest BCUT2D eigenvalue weighted by Gasteiger charge is -2.44. The van der Waals surface area contributed by atoms with E-state index < -0.39 is 37.3 Å². The van der Waals surface area contributed by atoms with E-state index in [4.69, 9.17) is 14.2 Å². The van der Waals surface area contributed by atoms with Crippen LogP contribution < -0.4 is 4.74 Å². The van der Waals surface area contributed by atoms with Crippen LogP contribution in [0.1, 0.15) is 23.7 Å². The molecule has 0 radical (unpaired) electrons. The monoisotopic (exact) mass is 498 g/mol. The van der Waals surface area contributed by atoms with E-state index in [-0.39, 0.29) is 23.8 Å². The molecule has 10 nitrogen and oxygen atoms in total. The predicted molar refractivity (Wildman–Crippen MR) is 127 cm³/mol. The number of benzene rings is 1. The third-order valence-electron chi connectivity index (χ3n) is 8.01. The van der Waals surface area contributed by atoms with Gasteiger partial charge in [-0.15, -0.1) is 6.58 Å². The number of aliphatic hydroxyl groups excluding tert-OH is 4. The van der Waals surface area contributed by atoms with Crippen LogP contribution in [0.4, 0.5) is 0 Å². The van der Waals surface area contributed by atoms with E-state index in [1.165, 1.54) is 0 Å². The Labute approximate surface area is 207 Å². The Hall–Kier alpha value is -2.89. The normalized spacial score (nSPS) is 35.8. The molecule has 6 rings (SSSR count). The van der Waals surface area contributed by atoms with Gasteiger partial charge in [0.15, 0.2) is 0 Å². The minimum Gasteiger partial charge on any atom is -0.462 e. The van der Waals surface area contributed by atoms with Crippen molar-refractivity contribution in [2.75, 3.05) is 19.8 Å². The van der Waals surface area contributed by atoms with Gasteiger partial charge in [0, 0.05) is 41.2 Å². The summed E-state index contributed by atoms with van der Waals surface area (Å²) in [7, 11) is 0. The van der Waals surface area contributed by atoms with Crippen LogP contribution >= 0.6 is 0 Å². The highest BCUT2D eigenvalue weighted by molar-refractivity contribution is 5.92. The molecule has 0 unspecified atom stereocenters. The van der Waals surface area contributed by atoms with Crippen LogP contribution in [0.3, 0.4) is 0 Å². The smallest absolute Gasteiger partial charge is 0.335 e. The molecular weight excluding hydrogens is 468 g/mol. The number of aromatic nitrogens is 1. The molecule has 0 saturated carbocycles. The molecule has 2 fully saturated rings. The summed E-state index contributed by atoms with van der Waals surface area (Å²) in [5.41, 5.74) is 3.71. The summed E-state index contributed by atoms with van der Waals surface area (Å²) in [4.78, 5) is 18.2. The second-order valence-electron chi connectivity index (χ2n) is 9.94. The van der Waals surface area contributed by atoms with Crippen LogP contribution in [0.2, 0.25) is 0 Å². The van der Waals surface area contributed by atoms with Crippen molar-refractivity contribution in [2.24, 2.45) is 11.8 Å². The summed E-state index contributed by atoms with van der Waals surface area (Å²) >= 11 is 0. The van der Waals surface area contributed by atoms with Gasteiger partial charge in [-0.1, -0.05) is 12.1 Å². The van der Waals surface area contributed by atoms with E-state index in [1.54, 1.807) is 6.07 Å². The third kappa shape index (κ3) is 3.55. The third-order valence-corrected chi connectivity index (χ3v) is 8.01. The van der Waals surface area contributed by atoms with Crippen molar-refractivity contribution in [1.29, 1.82) is 0 Å². The van der Waals surface area contributed by atoms with Crippen LogP contribution in [0, 0.1) is 11.8 Å². The molecule has 4 aliphatic rings. The number of hydrogen-bond acceptors (Lipinski definition) is 9. The summed E-state index contributed by atoms with van der Waals surface area (Å²) < 4.78 is 17.0. The minimum atomic E-state index is -1.52. The Morgan fingerprint density at radius 1 is 1.22 bits per heavy atom.